The molecule has 0 aliphatic heterocycles. The number of aromatic nitrogens is 1. The Balaban J connectivity index is 2.30. The van der Waals surface area contributed by atoms with Gasteiger partial charge in [-0.05, 0) is 19.1 Å². The maximum Gasteiger partial charge on any atom is 0.220 e. The van der Waals surface area contributed by atoms with Gasteiger partial charge >= 0.3 is 0 Å². The Labute approximate surface area is 112 Å². The van der Waals surface area contributed by atoms with Crippen LogP contribution in [0.1, 0.15) is 12.6 Å². The van der Waals surface area contributed by atoms with Crippen molar-refractivity contribution in [3.8, 4) is 0 Å². The highest BCUT2D eigenvalue weighted by Crippen LogP contribution is 2.21. The zero-order chi connectivity index (χ0) is 14.0. The van der Waals surface area contributed by atoms with Crippen molar-refractivity contribution < 1.29 is 12.9 Å². The summed E-state index contributed by atoms with van der Waals surface area (Å²) in [5.74, 6) is -0.190. The van der Waals surface area contributed by atoms with Crippen molar-refractivity contribution in [3.63, 3.8) is 0 Å². The van der Waals surface area contributed by atoms with Crippen LogP contribution in [0.5, 0.6) is 0 Å². The molecule has 0 radical (unpaired) electrons. The van der Waals surface area contributed by atoms with Gasteiger partial charge in [0.05, 0.1) is 0 Å². The molecule has 19 heavy (non-hydrogen) atoms. The van der Waals surface area contributed by atoms with E-state index in [1.165, 1.54) is 11.4 Å². The minimum atomic E-state index is -3.46. The molecule has 1 aromatic heterocycles. The van der Waals surface area contributed by atoms with Crippen LogP contribution in [0.3, 0.4) is 0 Å². The van der Waals surface area contributed by atoms with Gasteiger partial charge < -0.3 is 10.3 Å². The molecule has 1 heterocycles. The molecule has 2 rings (SSSR count). The first kappa shape index (κ1) is 14.0. The summed E-state index contributed by atoms with van der Waals surface area (Å²) >= 11 is 0. The third-order valence-corrected chi connectivity index (χ3v) is 5.05. The van der Waals surface area contributed by atoms with E-state index in [2.05, 4.69) is 5.16 Å². The van der Waals surface area contributed by atoms with E-state index < -0.39 is 10.0 Å². The second-order valence-corrected chi connectivity index (χ2v) is 6.51. The lowest BCUT2D eigenvalue weighted by molar-refractivity contribution is 0.392. The summed E-state index contributed by atoms with van der Waals surface area (Å²) in [4.78, 5) is 0. The Morgan fingerprint density at radius 2 is 2.11 bits per heavy atom. The molecular weight excluding hydrogens is 266 g/mol. The van der Waals surface area contributed by atoms with Crippen molar-refractivity contribution in [1.82, 2.24) is 9.46 Å². The van der Waals surface area contributed by atoms with E-state index in [1.807, 2.05) is 12.1 Å². The summed E-state index contributed by atoms with van der Waals surface area (Å²) in [6.45, 7) is 2.04. The molecule has 0 amide bonds. The molecule has 7 heteroatoms. The second-order valence-electron chi connectivity index (χ2n) is 4.48. The Kier molecular flexibility index (Phi) is 3.88. The fourth-order valence-corrected chi connectivity index (χ4v) is 3.13. The summed E-state index contributed by atoms with van der Waals surface area (Å²) in [7, 11) is -1.93. The number of benzene rings is 1. The first-order valence-corrected chi connectivity index (χ1v) is 7.55. The molecule has 6 nitrogen and oxygen atoms in total. The third-order valence-electron chi connectivity index (χ3n) is 3.17. The van der Waals surface area contributed by atoms with E-state index >= 15 is 0 Å². The lowest BCUT2D eigenvalue weighted by Gasteiger charge is -2.22. The highest BCUT2D eigenvalue weighted by atomic mass is 32.2. The van der Waals surface area contributed by atoms with Crippen LogP contribution in [0.15, 0.2) is 28.8 Å². The Morgan fingerprint density at radius 1 is 1.42 bits per heavy atom. The molecule has 0 spiro atoms. The topological polar surface area (TPSA) is 89.4 Å². The largest absolute Gasteiger partial charge is 0.356 e. The molecule has 0 saturated carbocycles. The Morgan fingerprint density at radius 3 is 2.79 bits per heavy atom. The first-order chi connectivity index (χ1) is 8.95. The van der Waals surface area contributed by atoms with Gasteiger partial charge in [0.25, 0.3) is 0 Å². The Hall–Kier alpha value is -1.44. The fourth-order valence-electron chi connectivity index (χ4n) is 1.74. The molecule has 2 aromatic rings. The maximum absolute atomic E-state index is 12.2. The second kappa shape index (κ2) is 5.28. The van der Waals surface area contributed by atoms with Gasteiger partial charge in [-0.2, -0.15) is 0 Å². The first-order valence-electron chi connectivity index (χ1n) is 5.95. The van der Waals surface area contributed by atoms with Crippen LogP contribution in [0.25, 0.3) is 11.0 Å². The molecule has 0 saturated heterocycles. The van der Waals surface area contributed by atoms with Crippen LogP contribution in [0.4, 0.5) is 0 Å². The molecule has 104 valence electrons. The van der Waals surface area contributed by atoms with Crippen LogP contribution < -0.4 is 5.73 Å². The smallest absolute Gasteiger partial charge is 0.220 e. The normalized spacial score (nSPS) is 14.1. The number of rotatable bonds is 5. The number of sulfonamides is 1. The van der Waals surface area contributed by atoms with Gasteiger partial charge in [0.15, 0.2) is 5.58 Å². The number of para-hydroxylation sites is 1. The average Bonchev–Trinajstić information content (AvgIpc) is 2.80. The van der Waals surface area contributed by atoms with Crippen LogP contribution in [-0.2, 0) is 15.8 Å². The highest BCUT2D eigenvalue weighted by Gasteiger charge is 2.25. The minimum Gasteiger partial charge on any atom is -0.356 e. The predicted molar refractivity (Wildman–Crippen MR) is 72.9 cm³/mol. The quantitative estimate of drug-likeness (QED) is 0.882. The van der Waals surface area contributed by atoms with Crippen LogP contribution >= 0.6 is 0 Å². The molecule has 2 N–H and O–H groups in total. The number of likely N-dealkylation sites (N-methyl/N-ethyl adjacent to an activating group) is 1. The summed E-state index contributed by atoms with van der Waals surface area (Å²) in [5.41, 5.74) is 6.50. The van der Waals surface area contributed by atoms with E-state index in [9.17, 15) is 8.42 Å². The summed E-state index contributed by atoms with van der Waals surface area (Å²) in [6.07, 6.45) is 0. The zero-order valence-corrected chi connectivity index (χ0v) is 11.7. The molecule has 0 bridgehead atoms. The molecule has 1 unspecified atom stereocenters. The molecular formula is C12H17N3O3S. The van der Waals surface area contributed by atoms with Gasteiger partial charge in [0, 0.05) is 25.0 Å². The van der Waals surface area contributed by atoms with Crippen molar-refractivity contribution in [2.24, 2.45) is 5.73 Å². The van der Waals surface area contributed by atoms with Gasteiger partial charge in [-0.1, -0.05) is 17.3 Å². The van der Waals surface area contributed by atoms with Gasteiger partial charge in [-0.25, -0.2) is 12.7 Å². The van der Waals surface area contributed by atoms with Gasteiger partial charge in [-0.3, -0.25) is 0 Å². The van der Waals surface area contributed by atoms with Crippen LogP contribution in [-0.4, -0.2) is 37.5 Å². The predicted octanol–water partition coefficient (Wildman–Crippen LogP) is 0.937. The molecule has 1 aromatic carbocycles. The lowest BCUT2D eigenvalue weighted by atomic mass is 10.2. The fraction of sp³-hybridized carbons (Fsp3) is 0.417. The van der Waals surface area contributed by atoms with Gasteiger partial charge in [0.2, 0.25) is 10.0 Å². The van der Waals surface area contributed by atoms with E-state index in [-0.39, 0.29) is 18.3 Å². The number of hydrogen-bond acceptors (Lipinski definition) is 5. The van der Waals surface area contributed by atoms with Crippen molar-refractivity contribution in [2.45, 2.75) is 18.7 Å². The average molecular weight is 283 g/mol. The number of nitrogens with zero attached hydrogens (tertiary/aromatic N) is 2. The summed E-state index contributed by atoms with van der Waals surface area (Å²) in [6, 6.07) is 6.94. The summed E-state index contributed by atoms with van der Waals surface area (Å²) < 4.78 is 30.8. The minimum absolute atomic E-state index is 0.190. The van der Waals surface area contributed by atoms with Crippen LogP contribution in [0.2, 0.25) is 0 Å². The zero-order valence-electron chi connectivity index (χ0n) is 10.9. The molecule has 0 aliphatic rings. The Bertz CT molecular complexity index is 666. The SMILES string of the molecule is CC(CN)N(C)S(=O)(=O)Cc1noc2ccccc12. The van der Waals surface area contributed by atoms with E-state index in [0.717, 1.165) is 5.39 Å². The third kappa shape index (κ3) is 2.78. The number of nitrogens with two attached hydrogens (primary N) is 1. The molecule has 0 aliphatic carbocycles. The maximum atomic E-state index is 12.2. The van der Waals surface area contributed by atoms with Crippen LogP contribution in [0, 0.1) is 0 Å². The van der Waals surface area contributed by atoms with Crippen molar-refractivity contribution in [3.05, 3.63) is 30.0 Å². The van der Waals surface area contributed by atoms with Gasteiger partial charge in [0.1, 0.15) is 11.4 Å². The van der Waals surface area contributed by atoms with Gasteiger partial charge in [-0.15, -0.1) is 0 Å². The molecule has 1 atom stereocenters. The van der Waals surface area contributed by atoms with E-state index in [4.69, 9.17) is 10.3 Å². The highest BCUT2D eigenvalue weighted by molar-refractivity contribution is 7.88. The van der Waals surface area contributed by atoms with E-state index in [0.29, 0.717) is 11.3 Å². The van der Waals surface area contributed by atoms with Crippen molar-refractivity contribution in [1.29, 1.82) is 0 Å². The van der Waals surface area contributed by atoms with Crippen molar-refractivity contribution in [2.75, 3.05) is 13.6 Å². The number of fused-ring (bicyclic) bond motifs is 1. The van der Waals surface area contributed by atoms with E-state index in [1.54, 1.807) is 19.1 Å². The standard InChI is InChI=1S/C12H17N3O3S/c1-9(7-13)15(2)19(16,17)8-11-10-5-3-4-6-12(10)18-14-11/h3-6,9H,7-8,13H2,1-2H3. The summed E-state index contributed by atoms with van der Waals surface area (Å²) in [5, 5.41) is 4.56. The lowest BCUT2D eigenvalue weighted by Crippen LogP contribution is -2.40. The molecule has 0 fully saturated rings. The van der Waals surface area contributed by atoms with Crippen molar-refractivity contribution >= 4 is 21.0 Å². The number of hydrogen-bond donors (Lipinski definition) is 1. The monoisotopic (exact) mass is 283 g/mol.